The summed E-state index contributed by atoms with van der Waals surface area (Å²) in [5.74, 6) is -0.904. The number of aromatic nitrogens is 2. The number of phenols is 1. The zero-order valence-corrected chi connectivity index (χ0v) is 16.0. The summed E-state index contributed by atoms with van der Waals surface area (Å²) in [6.07, 6.45) is 2.28. The number of phenolic OH excluding ortho intramolecular Hbond substituents is 1. The number of rotatable bonds is 7. The van der Waals surface area contributed by atoms with Gasteiger partial charge in [0.05, 0.1) is 7.11 Å². The first kappa shape index (κ1) is 21.0. The van der Waals surface area contributed by atoms with Crippen LogP contribution in [0.3, 0.4) is 0 Å². The van der Waals surface area contributed by atoms with Gasteiger partial charge in [-0.1, -0.05) is 0 Å². The summed E-state index contributed by atoms with van der Waals surface area (Å²) in [7, 11) is 1.21. The Labute approximate surface area is 164 Å². The van der Waals surface area contributed by atoms with Crippen LogP contribution in [0.15, 0.2) is 50.9 Å². The first-order valence-electron chi connectivity index (χ1n) is 8.11. The van der Waals surface area contributed by atoms with Gasteiger partial charge in [0, 0.05) is 34.7 Å². The van der Waals surface area contributed by atoms with Crippen LogP contribution in [0.2, 0.25) is 0 Å². The van der Waals surface area contributed by atoms with Crippen LogP contribution in [0.1, 0.15) is 5.69 Å². The van der Waals surface area contributed by atoms with E-state index in [-0.39, 0.29) is 11.5 Å². The number of aromatic amines is 1. The highest BCUT2D eigenvalue weighted by molar-refractivity contribution is 7.99. The first-order valence-corrected chi connectivity index (χ1v) is 9.09. The van der Waals surface area contributed by atoms with Crippen LogP contribution in [0.5, 0.6) is 5.75 Å². The fourth-order valence-corrected chi connectivity index (χ4v) is 3.11. The molecule has 3 N–H and O–H groups in total. The van der Waals surface area contributed by atoms with Gasteiger partial charge in [0.15, 0.2) is 0 Å². The Hall–Kier alpha value is -3.27. The minimum absolute atomic E-state index is 0.125. The maximum Gasteiger partial charge on any atom is 0.332 e. The van der Waals surface area contributed by atoms with Gasteiger partial charge in [-0.25, -0.2) is 9.59 Å². The Balaban J connectivity index is 2.06. The molecule has 1 aromatic carbocycles. The highest BCUT2D eigenvalue weighted by Gasteiger charge is 2.21. The van der Waals surface area contributed by atoms with E-state index in [9.17, 15) is 24.3 Å². The Morgan fingerprint density at radius 2 is 2.00 bits per heavy atom. The number of amides is 1. The molecule has 148 valence electrons. The predicted molar refractivity (Wildman–Crippen MR) is 104 cm³/mol. The number of carbonyl (C=O) groups is 2. The third kappa shape index (κ3) is 5.88. The number of aromatic hydroxyl groups is 1. The van der Waals surface area contributed by atoms with Crippen molar-refractivity contribution in [2.75, 3.05) is 12.9 Å². The smallest absolute Gasteiger partial charge is 0.332 e. The molecule has 1 aromatic heterocycles. The van der Waals surface area contributed by atoms with E-state index in [2.05, 4.69) is 10.3 Å². The number of ether oxygens (including phenoxy) is 1. The number of hydrogen-bond donors (Lipinski definition) is 3. The fourth-order valence-electron chi connectivity index (χ4n) is 2.20. The van der Waals surface area contributed by atoms with Crippen molar-refractivity contribution in [1.82, 2.24) is 14.9 Å². The van der Waals surface area contributed by atoms with E-state index in [0.29, 0.717) is 5.69 Å². The lowest BCUT2D eigenvalue weighted by Crippen LogP contribution is -2.42. The van der Waals surface area contributed by atoms with E-state index in [1.807, 2.05) is 0 Å². The van der Waals surface area contributed by atoms with Crippen molar-refractivity contribution in [2.45, 2.75) is 17.9 Å². The van der Waals surface area contributed by atoms with Crippen LogP contribution < -0.4 is 16.6 Å². The van der Waals surface area contributed by atoms with Crippen LogP contribution in [-0.2, 0) is 14.3 Å². The lowest BCUT2D eigenvalue weighted by Gasteiger charge is -2.15. The molecule has 0 radical (unpaired) electrons. The van der Waals surface area contributed by atoms with Gasteiger partial charge in [-0.05, 0) is 31.2 Å². The predicted octanol–water partition coefficient (Wildman–Crippen LogP) is 0.471. The topological polar surface area (TPSA) is 130 Å². The van der Waals surface area contributed by atoms with Crippen LogP contribution in [0.25, 0.3) is 6.20 Å². The molecule has 0 aliphatic heterocycles. The van der Waals surface area contributed by atoms with Gasteiger partial charge in [0.25, 0.3) is 5.56 Å². The molecule has 2 aromatic rings. The van der Waals surface area contributed by atoms with Crippen molar-refractivity contribution in [3.05, 3.63) is 62.9 Å². The molecule has 0 saturated carbocycles. The minimum atomic E-state index is -0.922. The van der Waals surface area contributed by atoms with Crippen LogP contribution in [0, 0.1) is 6.92 Å². The number of esters is 1. The fraction of sp³-hybridized carbons (Fsp3) is 0.222. The van der Waals surface area contributed by atoms with Crippen LogP contribution >= 0.6 is 11.8 Å². The molecule has 1 unspecified atom stereocenters. The van der Waals surface area contributed by atoms with Gasteiger partial charge >= 0.3 is 11.7 Å². The SMILES string of the molecule is COC(=O)C(CSc1ccc(O)cc1)NC(=O)C=Cn1c(C)cc(=O)[nH]c1=O. The van der Waals surface area contributed by atoms with Crippen molar-refractivity contribution in [2.24, 2.45) is 0 Å². The van der Waals surface area contributed by atoms with Gasteiger partial charge in [0.2, 0.25) is 5.91 Å². The molecule has 2 rings (SSSR count). The maximum atomic E-state index is 12.2. The summed E-state index contributed by atoms with van der Waals surface area (Å²) in [6, 6.07) is 6.69. The number of nitrogens with one attached hydrogen (secondary N) is 2. The number of methoxy groups -OCH3 is 1. The number of hydrogen-bond acceptors (Lipinski definition) is 7. The molecule has 0 spiro atoms. The molecule has 28 heavy (non-hydrogen) atoms. The van der Waals surface area contributed by atoms with E-state index in [1.54, 1.807) is 19.1 Å². The van der Waals surface area contributed by atoms with Gasteiger partial charge < -0.3 is 15.2 Å². The molecule has 0 aliphatic rings. The normalized spacial score (nSPS) is 11.9. The summed E-state index contributed by atoms with van der Waals surface area (Å²) in [4.78, 5) is 50.0. The van der Waals surface area contributed by atoms with Crippen molar-refractivity contribution < 1.29 is 19.4 Å². The van der Waals surface area contributed by atoms with Gasteiger partial charge in [0.1, 0.15) is 11.8 Å². The molecule has 0 aliphatic carbocycles. The molecule has 9 nitrogen and oxygen atoms in total. The highest BCUT2D eigenvalue weighted by Crippen LogP contribution is 2.21. The molecular formula is C18H19N3O6S. The average Bonchev–Trinajstić information content (AvgIpc) is 2.64. The van der Waals surface area contributed by atoms with Gasteiger partial charge in [-0.2, -0.15) is 0 Å². The standard InChI is InChI=1S/C18H19N3O6S/c1-11-9-16(24)20-18(26)21(11)8-7-15(23)19-14(17(25)27-2)10-28-13-5-3-12(22)4-6-13/h3-9,14,22H,10H2,1-2H3,(H,19,23)(H,20,24,26). The second kappa shape index (κ2) is 9.60. The van der Waals surface area contributed by atoms with Crippen molar-refractivity contribution >= 4 is 29.8 Å². The second-order valence-corrected chi connectivity index (χ2v) is 6.75. The van der Waals surface area contributed by atoms with Gasteiger partial charge in [-0.3, -0.25) is 19.1 Å². The van der Waals surface area contributed by atoms with E-state index >= 15 is 0 Å². The number of thioether (sulfide) groups is 1. The minimum Gasteiger partial charge on any atom is -0.508 e. The first-order chi connectivity index (χ1) is 13.3. The quantitative estimate of drug-likeness (QED) is 0.347. The molecule has 1 heterocycles. The Kier molecular flexibility index (Phi) is 7.21. The van der Waals surface area contributed by atoms with E-state index < -0.39 is 29.2 Å². The third-order valence-corrected chi connectivity index (χ3v) is 4.70. The van der Waals surface area contributed by atoms with Crippen LogP contribution in [-0.4, -0.2) is 45.4 Å². The lowest BCUT2D eigenvalue weighted by atomic mass is 10.3. The summed E-state index contributed by atoms with van der Waals surface area (Å²) >= 11 is 1.30. The van der Waals surface area contributed by atoms with Crippen molar-refractivity contribution in [1.29, 1.82) is 0 Å². The summed E-state index contributed by atoms with van der Waals surface area (Å²) in [5.41, 5.74) is -0.861. The van der Waals surface area contributed by atoms with E-state index in [0.717, 1.165) is 15.5 Å². The van der Waals surface area contributed by atoms with Crippen LogP contribution in [0.4, 0.5) is 0 Å². The maximum absolute atomic E-state index is 12.2. The number of benzene rings is 1. The highest BCUT2D eigenvalue weighted by atomic mass is 32.2. The third-order valence-electron chi connectivity index (χ3n) is 3.60. The van der Waals surface area contributed by atoms with E-state index in [4.69, 9.17) is 4.74 Å². The number of carbonyl (C=O) groups excluding carboxylic acids is 2. The number of nitrogens with zero attached hydrogens (tertiary/aromatic N) is 1. The summed E-state index contributed by atoms with van der Waals surface area (Å²) in [6.45, 7) is 1.55. The van der Waals surface area contributed by atoms with Crippen molar-refractivity contribution in [3.63, 3.8) is 0 Å². The molecular weight excluding hydrogens is 386 g/mol. The molecule has 0 saturated heterocycles. The Morgan fingerprint density at radius 1 is 1.32 bits per heavy atom. The average molecular weight is 405 g/mol. The zero-order chi connectivity index (χ0) is 20.7. The largest absolute Gasteiger partial charge is 0.508 e. The second-order valence-electron chi connectivity index (χ2n) is 5.66. The zero-order valence-electron chi connectivity index (χ0n) is 15.2. The molecule has 1 amide bonds. The van der Waals surface area contributed by atoms with Gasteiger partial charge in [-0.15, -0.1) is 11.8 Å². The van der Waals surface area contributed by atoms with Crippen molar-refractivity contribution in [3.8, 4) is 5.75 Å². The monoisotopic (exact) mass is 405 g/mol. The van der Waals surface area contributed by atoms with E-state index in [1.165, 1.54) is 43.3 Å². The molecule has 10 heteroatoms. The Morgan fingerprint density at radius 3 is 2.61 bits per heavy atom. The molecule has 0 fully saturated rings. The summed E-state index contributed by atoms with van der Waals surface area (Å²) < 4.78 is 5.81. The Bertz CT molecular complexity index is 994. The molecule has 1 atom stereocenters. The lowest BCUT2D eigenvalue weighted by molar-refractivity contribution is -0.143. The number of H-pyrrole nitrogens is 1. The summed E-state index contributed by atoms with van der Waals surface area (Å²) in [5, 5.41) is 11.8. The molecule has 0 bridgehead atoms. The number of aryl methyl sites for hydroxylation is 1.